The Hall–Kier alpha value is -5.80. The van der Waals surface area contributed by atoms with Crippen LogP contribution in [-0.2, 0) is 40.7 Å². The van der Waals surface area contributed by atoms with E-state index in [9.17, 15) is 16.8 Å². The van der Waals surface area contributed by atoms with E-state index in [4.69, 9.17) is 51.6 Å². The van der Waals surface area contributed by atoms with Crippen molar-refractivity contribution in [2.24, 2.45) is 11.8 Å². The van der Waals surface area contributed by atoms with E-state index in [0.717, 1.165) is 12.8 Å². The van der Waals surface area contributed by atoms with Gasteiger partial charge in [0, 0.05) is 50.8 Å². The first kappa shape index (κ1) is 52.0. The first-order valence-corrected chi connectivity index (χ1v) is 25.8. The van der Waals surface area contributed by atoms with Gasteiger partial charge in [0.2, 0.25) is 23.5 Å². The minimum atomic E-state index is -3.84. The van der Waals surface area contributed by atoms with Gasteiger partial charge >= 0.3 is 0 Å². The van der Waals surface area contributed by atoms with Gasteiger partial charge < -0.3 is 28.4 Å². The van der Waals surface area contributed by atoms with Gasteiger partial charge in [-0.3, -0.25) is 9.13 Å². The molecule has 70 heavy (non-hydrogen) atoms. The third-order valence-corrected chi connectivity index (χ3v) is 16.5. The van der Waals surface area contributed by atoms with Crippen LogP contribution < -0.4 is 18.9 Å². The Morgan fingerprint density at radius 3 is 1.10 bits per heavy atom. The molecule has 0 aromatic carbocycles. The number of methoxy groups -OCH3 is 6. The summed E-state index contributed by atoms with van der Waals surface area (Å²) < 4.78 is 90.2. The van der Waals surface area contributed by atoms with Crippen LogP contribution >= 0.6 is 23.2 Å². The second-order valence-electron chi connectivity index (χ2n) is 16.6. The van der Waals surface area contributed by atoms with Crippen molar-refractivity contribution in [3.63, 3.8) is 0 Å². The Kier molecular flexibility index (Phi) is 16.1. The highest BCUT2D eigenvalue weighted by Crippen LogP contribution is 2.49. The second-order valence-corrected chi connectivity index (χ2v) is 22.2. The van der Waals surface area contributed by atoms with Crippen LogP contribution in [0.1, 0.15) is 99.5 Å². The highest BCUT2D eigenvalue weighted by Gasteiger charge is 2.43. The van der Waals surface area contributed by atoms with Crippen LogP contribution in [0.5, 0.6) is 23.5 Å². The number of nitrogens with zero attached hydrogens (tertiary/aromatic N) is 14. The lowest BCUT2D eigenvalue weighted by atomic mass is 10.2. The predicted molar refractivity (Wildman–Crippen MR) is 251 cm³/mol. The number of sulfone groups is 2. The number of rotatable bonds is 20. The highest BCUT2D eigenvalue weighted by atomic mass is 35.5. The van der Waals surface area contributed by atoms with Crippen LogP contribution in [0.4, 0.5) is 0 Å². The average molecular weight is 1050 g/mol. The van der Waals surface area contributed by atoms with Crippen LogP contribution in [0.3, 0.4) is 0 Å². The average Bonchev–Trinajstić information content (AvgIpc) is 4.17. The lowest BCUT2D eigenvalue weighted by Gasteiger charge is -2.22. The molecule has 2 fully saturated rings. The molecule has 0 amide bonds. The third-order valence-electron chi connectivity index (χ3n) is 12.1. The van der Waals surface area contributed by atoms with Crippen molar-refractivity contribution in [3.05, 3.63) is 82.4 Å². The molecule has 0 unspecified atom stereocenters. The van der Waals surface area contributed by atoms with Crippen LogP contribution in [0.15, 0.2) is 37.4 Å². The summed E-state index contributed by atoms with van der Waals surface area (Å²) in [6, 6.07) is 0. The molecule has 6 heterocycles. The van der Waals surface area contributed by atoms with Crippen molar-refractivity contribution in [2.75, 3.05) is 42.7 Å². The molecule has 0 radical (unpaired) electrons. The van der Waals surface area contributed by atoms with Crippen molar-refractivity contribution < 1.29 is 45.3 Å². The van der Waals surface area contributed by atoms with E-state index in [1.165, 1.54) is 80.1 Å². The molecule has 6 aromatic heterocycles. The summed E-state index contributed by atoms with van der Waals surface area (Å²) in [5.41, 5.74) is 0.692. The molecular formula is C42H52Cl2N14O10S2. The molecule has 0 spiro atoms. The van der Waals surface area contributed by atoms with Crippen molar-refractivity contribution >= 4 is 42.9 Å². The highest BCUT2D eigenvalue weighted by molar-refractivity contribution is 7.91. The van der Waals surface area contributed by atoms with Gasteiger partial charge in [0.15, 0.2) is 54.3 Å². The van der Waals surface area contributed by atoms with E-state index in [1.54, 1.807) is 23.0 Å². The standard InChI is InChI=1S/2C21H26ClN7O5S/c2*1-11-6-14(11)19-28-27-15(29(19)16-20(33-4)25-10-26-21(16)34-5)9-35(30,31)12(2)17(32-3)18-23-7-13(22)8-24-18/h2*7-8,10-12,14,17H,6,9H2,1-5H3/t11-,12+,14+,17+;11-,12-,14+,17-/m10/s1. The van der Waals surface area contributed by atoms with E-state index in [0.29, 0.717) is 44.9 Å². The predicted octanol–water partition coefficient (Wildman–Crippen LogP) is 4.66. The molecule has 8 rings (SSSR count). The maximum atomic E-state index is 13.6. The summed E-state index contributed by atoms with van der Waals surface area (Å²) in [7, 11) is 0.968. The van der Waals surface area contributed by atoms with Crippen molar-refractivity contribution in [1.29, 1.82) is 0 Å². The SMILES string of the molecule is COc1ncnc(OC)c1-n1c(CS(=O)(=O)[C@@H](C)[C@H](OC)c2ncc(Cl)cn2)nnc1[C@@H]1C[C@@H]1C.COc1ncnc(OC)c1-n1c(CS(=O)(=O)[C@@H](C)[C@H](OC)c2ncc(Cl)cn2)nnc1[C@H]1C[C@H]1C. The number of hydrogen-bond acceptors (Lipinski definition) is 22. The van der Waals surface area contributed by atoms with Crippen molar-refractivity contribution in [1.82, 2.24) is 69.4 Å². The summed E-state index contributed by atoms with van der Waals surface area (Å²) in [4.78, 5) is 33.2. The Morgan fingerprint density at radius 1 is 0.543 bits per heavy atom. The largest absolute Gasteiger partial charge is 0.479 e. The third kappa shape index (κ3) is 10.9. The second kappa shape index (κ2) is 21.7. The molecule has 6 aromatic rings. The number of hydrogen-bond donors (Lipinski definition) is 0. The Bertz CT molecular complexity index is 2760. The van der Waals surface area contributed by atoms with Gasteiger partial charge in [0.25, 0.3) is 0 Å². The van der Waals surface area contributed by atoms with Crippen molar-refractivity contribution in [2.45, 2.75) is 86.6 Å². The van der Waals surface area contributed by atoms with E-state index in [1.807, 2.05) is 0 Å². The molecule has 376 valence electrons. The Balaban J connectivity index is 0.000000206. The monoisotopic (exact) mass is 1050 g/mol. The molecular weight excluding hydrogens is 996 g/mol. The summed E-state index contributed by atoms with van der Waals surface area (Å²) in [6.07, 6.45) is 8.15. The molecule has 0 N–H and O–H groups in total. The zero-order valence-corrected chi connectivity index (χ0v) is 43.0. The van der Waals surface area contributed by atoms with Gasteiger partial charge in [0.05, 0.1) is 49.0 Å². The fourth-order valence-corrected chi connectivity index (χ4v) is 10.8. The van der Waals surface area contributed by atoms with E-state index in [-0.39, 0.29) is 58.7 Å². The lowest BCUT2D eigenvalue weighted by Crippen LogP contribution is -2.30. The first-order valence-electron chi connectivity index (χ1n) is 21.6. The van der Waals surface area contributed by atoms with E-state index >= 15 is 0 Å². The van der Waals surface area contributed by atoms with Gasteiger partial charge in [0.1, 0.15) is 48.0 Å². The smallest absolute Gasteiger partial charge is 0.245 e. The van der Waals surface area contributed by atoms with Crippen LogP contribution in [-0.4, -0.2) is 139 Å². The number of aromatic nitrogens is 14. The topological polar surface area (TPSA) is 288 Å². The minimum absolute atomic E-state index is 0.111. The maximum absolute atomic E-state index is 13.6. The molecule has 2 aliphatic carbocycles. The Morgan fingerprint density at radius 2 is 0.843 bits per heavy atom. The van der Waals surface area contributed by atoms with Gasteiger partial charge in [-0.15, -0.1) is 20.4 Å². The van der Waals surface area contributed by atoms with Gasteiger partial charge in [-0.1, -0.05) is 37.0 Å². The maximum Gasteiger partial charge on any atom is 0.245 e. The summed E-state index contributed by atoms with van der Waals surface area (Å²) >= 11 is 11.7. The van der Waals surface area contributed by atoms with Crippen LogP contribution in [0, 0.1) is 11.8 Å². The summed E-state index contributed by atoms with van der Waals surface area (Å²) in [6.45, 7) is 7.26. The first-order chi connectivity index (χ1) is 33.4. The number of halogens is 2. The van der Waals surface area contributed by atoms with Crippen molar-refractivity contribution in [3.8, 4) is 34.9 Å². The Labute approximate surface area is 414 Å². The molecule has 24 nitrogen and oxygen atoms in total. The fraction of sp³-hybridized carbons (Fsp3) is 0.524. The molecule has 28 heteroatoms. The molecule has 2 saturated carbocycles. The number of ether oxygens (including phenoxy) is 6. The molecule has 8 atom stereocenters. The molecule has 2 aliphatic rings. The lowest BCUT2D eigenvalue weighted by molar-refractivity contribution is 0.0947. The van der Waals surface area contributed by atoms with Gasteiger partial charge in [-0.25, -0.2) is 36.8 Å². The molecule has 0 bridgehead atoms. The van der Waals surface area contributed by atoms with Crippen LogP contribution in [0.2, 0.25) is 10.0 Å². The molecule has 0 saturated heterocycles. The van der Waals surface area contributed by atoms with E-state index in [2.05, 4.69) is 74.1 Å². The van der Waals surface area contributed by atoms with Gasteiger partial charge in [-0.2, -0.15) is 19.9 Å². The zero-order chi connectivity index (χ0) is 50.7. The van der Waals surface area contributed by atoms with E-state index < -0.39 is 53.9 Å². The van der Waals surface area contributed by atoms with Crippen LogP contribution in [0.25, 0.3) is 11.4 Å². The normalized spacial score (nSPS) is 19.3. The molecule has 0 aliphatic heterocycles. The minimum Gasteiger partial charge on any atom is -0.479 e. The fourth-order valence-electron chi connectivity index (χ4n) is 7.81. The zero-order valence-electron chi connectivity index (χ0n) is 39.8. The van der Waals surface area contributed by atoms with Gasteiger partial charge in [-0.05, 0) is 38.5 Å². The quantitative estimate of drug-likeness (QED) is 0.100. The summed E-state index contributed by atoms with van der Waals surface area (Å²) in [5.74, 6) is 2.95. The summed E-state index contributed by atoms with van der Waals surface area (Å²) in [5, 5.41) is 15.9.